The summed E-state index contributed by atoms with van der Waals surface area (Å²) in [6.45, 7) is 9.56. The molecule has 8 unspecified atom stereocenters. The number of aliphatic hydroxyl groups is 9. The first kappa shape index (κ1) is 87.3. The average Bonchev–Trinajstić information content (AvgIpc) is 0.880. The highest BCUT2D eigenvalue weighted by molar-refractivity contribution is 5.92. The number of unbranched alkanes of at least 4 members (excludes halogenated alkanes) is 14. The van der Waals surface area contributed by atoms with E-state index in [9.17, 15) is 79.5 Å². The zero-order valence-electron chi connectivity index (χ0n) is 58.7. The first-order valence-electron chi connectivity index (χ1n) is 36.3. The van der Waals surface area contributed by atoms with Crippen molar-refractivity contribution < 1.29 is 113 Å². The second-order valence-corrected chi connectivity index (χ2v) is 26.9. The first-order valence-corrected chi connectivity index (χ1v) is 36.3. The van der Waals surface area contributed by atoms with Gasteiger partial charge in [-0.2, -0.15) is 0 Å². The molecule has 0 aromatic carbocycles. The maximum atomic E-state index is 14.4. The van der Waals surface area contributed by atoms with Crippen LogP contribution in [0.2, 0.25) is 0 Å². The van der Waals surface area contributed by atoms with E-state index < -0.39 is 129 Å². The van der Waals surface area contributed by atoms with E-state index in [0.29, 0.717) is 142 Å². The van der Waals surface area contributed by atoms with Gasteiger partial charge < -0.3 is 106 Å². The summed E-state index contributed by atoms with van der Waals surface area (Å²) in [4.78, 5) is 92.2. The van der Waals surface area contributed by atoms with E-state index >= 15 is 0 Å². The van der Waals surface area contributed by atoms with Gasteiger partial charge in [-0.25, -0.2) is 0 Å². The number of aliphatic hydroxyl groups excluding tert-OH is 9. The monoisotopic (exact) mass is 1390 g/mol. The van der Waals surface area contributed by atoms with Crippen molar-refractivity contribution in [1.82, 2.24) is 26.6 Å². The van der Waals surface area contributed by atoms with Crippen LogP contribution in [0, 0.1) is 17.8 Å². The fraction of sp³-hybridized carbons (Fsp3) is 0.899. The molecule has 3 aliphatic heterocycles. The van der Waals surface area contributed by atoms with Crippen LogP contribution in [-0.4, -0.2) is 245 Å². The molecule has 0 spiro atoms. The zero-order valence-corrected chi connectivity index (χ0v) is 58.7. The van der Waals surface area contributed by atoms with E-state index in [2.05, 4.69) is 26.6 Å². The Kier molecular flexibility index (Phi) is 46.1. The molecule has 3 fully saturated rings. The summed E-state index contributed by atoms with van der Waals surface area (Å²) in [6, 6.07) is -1.99. The molecule has 28 heteroatoms. The summed E-state index contributed by atoms with van der Waals surface area (Å²) in [6.07, 6.45) is 2.95. The number of carbonyl (C=O) groups is 7. The van der Waals surface area contributed by atoms with Gasteiger partial charge in [-0.05, 0) is 110 Å². The fourth-order valence-corrected chi connectivity index (χ4v) is 12.0. The molecule has 0 bridgehead atoms. The molecule has 3 heterocycles. The molecule has 5 amide bonds. The minimum absolute atomic E-state index is 0.0945. The van der Waals surface area contributed by atoms with E-state index in [-0.39, 0.29) is 86.6 Å². The second-order valence-electron chi connectivity index (χ2n) is 26.9. The molecule has 564 valence electrons. The largest absolute Gasteiger partial charge is 0.394 e. The van der Waals surface area contributed by atoms with E-state index in [1.165, 1.54) is 6.92 Å². The van der Waals surface area contributed by atoms with Gasteiger partial charge in [-0.3, -0.25) is 33.6 Å². The molecule has 0 aliphatic carbocycles. The lowest BCUT2D eigenvalue weighted by molar-refractivity contribution is -0.282. The molecular formula is C69H125N5O23. The average molecular weight is 1390 g/mol. The molecule has 3 aliphatic rings. The van der Waals surface area contributed by atoms with Gasteiger partial charge in [0.25, 0.3) is 0 Å². The van der Waals surface area contributed by atoms with Gasteiger partial charge >= 0.3 is 0 Å². The van der Waals surface area contributed by atoms with Gasteiger partial charge in [0.1, 0.15) is 54.6 Å². The normalized spacial score (nSPS) is 26.4. The lowest BCUT2D eigenvalue weighted by Gasteiger charge is -2.42. The topological polar surface area (TPSA) is 426 Å². The minimum atomic E-state index is -1.43. The summed E-state index contributed by atoms with van der Waals surface area (Å²) < 4.78 is 39.9. The lowest BCUT2D eigenvalue weighted by atomic mass is 9.91. The molecule has 28 nitrogen and oxygen atoms in total. The van der Waals surface area contributed by atoms with Crippen molar-refractivity contribution in [1.29, 1.82) is 0 Å². The molecule has 3 saturated heterocycles. The molecule has 0 radical (unpaired) electrons. The molecule has 14 N–H and O–H groups in total. The Labute approximate surface area is 574 Å². The number of ether oxygens (including phenoxy) is 7. The van der Waals surface area contributed by atoms with Gasteiger partial charge in [-0.15, -0.1) is 0 Å². The SMILES string of the molecule is CC(=O)NC1[C@H](OCCCCCC(=O)NCCCCC(CC(=O)C(CCCCNC(=O)CCCCCO[C@@H]2OC(CO)[C@H](O)[C@H](O)C2C)NC(=O)CCCCCO[C@@H]2OC(CO)[C@H](O)[C@H](O)C2C)C(=O)NCCCCCC(=O)CCCCCCCOC(C)C)OC(CO)[C@H](O)[C@@H]1O. The van der Waals surface area contributed by atoms with Crippen molar-refractivity contribution in [2.75, 3.05) is 65.9 Å². The summed E-state index contributed by atoms with van der Waals surface area (Å²) in [5, 5.41) is 105. The second kappa shape index (κ2) is 51.2. The number of Topliss-reactive ketones (excluding diaryl/α,β-unsaturated/α-hetero) is 2. The number of carbonyl (C=O) groups excluding carboxylic acids is 7. The van der Waals surface area contributed by atoms with Crippen LogP contribution in [0.25, 0.3) is 0 Å². The van der Waals surface area contributed by atoms with Crippen LogP contribution in [0.15, 0.2) is 0 Å². The van der Waals surface area contributed by atoms with Crippen LogP contribution in [0.4, 0.5) is 0 Å². The van der Waals surface area contributed by atoms with Gasteiger partial charge in [-0.1, -0.05) is 65.2 Å². The molecular weight excluding hydrogens is 1270 g/mol. The Hall–Kier alpha value is -3.95. The van der Waals surface area contributed by atoms with Crippen LogP contribution in [0.3, 0.4) is 0 Å². The number of hydrogen-bond acceptors (Lipinski definition) is 23. The van der Waals surface area contributed by atoms with E-state index in [1.54, 1.807) is 13.8 Å². The van der Waals surface area contributed by atoms with Gasteiger partial charge in [0.05, 0.1) is 44.2 Å². The number of hydrogen-bond donors (Lipinski definition) is 14. The van der Waals surface area contributed by atoms with Gasteiger partial charge in [0.2, 0.25) is 29.5 Å². The number of nitrogens with one attached hydrogen (secondary N) is 5. The van der Waals surface area contributed by atoms with Crippen LogP contribution in [0.1, 0.15) is 221 Å². The van der Waals surface area contributed by atoms with E-state index in [0.717, 1.165) is 45.1 Å². The standard InChI is InChI=1S/C69H125N5O23/c1-45(2)91-37-23-8-6-7-13-28-50(79)29-14-9-20-36-72-66(90)49(27-18-21-34-70-56(81)32-16-11-26-40-94-69-59(73-48(5)78)65(89)64(88)55(44-77)97-69)41-52(80)51(74-58(83)33-17-12-25-39-93-68-47(4)61(85)63(87)54(43-76)96-68)30-19-22-35-71-57(82)31-15-10-24-38-92-67-46(3)60(84)62(86)53(42-75)95-67/h45-47,49,51,53-55,59-65,67-69,75-77,84-89H,6-44H2,1-5H3,(H,70,81)(H,71,82)(H,72,90)(H,73,78)(H,74,83)/t46?,47?,49?,51?,53?,54?,55?,59?,60-,61-,62+,63+,64+,65-,67-,68-,69-/m1/s1. The highest BCUT2D eigenvalue weighted by Gasteiger charge is 2.46. The number of ketones is 2. The molecule has 0 aromatic rings. The Bertz CT molecular complexity index is 2190. The summed E-state index contributed by atoms with van der Waals surface area (Å²) >= 11 is 0. The number of rotatable bonds is 55. The first-order chi connectivity index (χ1) is 46.5. The predicted molar refractivity (Wildman–Crippen MR) is 357 cm³/mol. The van der Waals surface area contributed by atoms with Crippen molar-refractivity contribution in [3.8, 4) is 0 Å². The molecule has 3 rings (SSSR count). The summed E-state index contributed by atoms with van der Waals surface area (Å²) in [5.41, 5.74) is 0. The fourth-order valence-electron chi connectivity index (χ4n) is 12.0. The van der Waals surface area contributed by atoms with E-state index in [1.807, 2.05) is 13.8 Å². The maximum absolute atomic E-state index is 14.4. The van der Waals surface area contributed by atoms with E-state index in [4.69, 9.17) is 33.2 Å². The molecule has 0 aromatic heterocycles. The van der Waals surface area contributed by atoms with Crippen molar-refractivity contribution in [2.24, 2.45) is 17.8 Å². The third-order valence-electron chi connectivity index (χ3n) is 18.2. The number of amides is 5. The van der Waals surface area contributed by atoms with Crippen LogP contribution < -0.4 is 26.6 Å². The highest BCUT2D eigenvalue weighted by atomic mass is 16.7. The Morgan fingerprint density at radius 1 is 0.433 bits per heavy atom. The molecule has 97 heavy (non-hydrogen) atoms. The summed E-state index contributed by atoms with van der Waals surface area (Å²) in [5.74, 6) is -3.36. The van der Waals surface area contributed by atoms with Crippen LogP contribution in [0.5, 0.6) is 0 Å². The van der Waals surface area contributed by atoms with Gasteiger partial charge in [0, 0.05) is 109 Å². The summed E-state index contributed by atoms with van der Waals surface area (Å²) in [7, 11) is 0. The van der Waals surface area contributed by atoms with Gasteiger partial charge in [0.15, 0.2) is 24.7 Å². The lowest BCUT2D eigenvalue weighted by Crippen LogP contribution is -2.64. The smallest absolute Gasteiger partial charge is 0.223 e. The minimum Gasteiger partial charge on any atom is -0.394 e. The third-order valence-corrected chi connectivity index (χ3v) is 18.2. The maximum Gasteiger partial charge on any atom is 0.223 e. The highest BCUT2D eigenvalue weighted by Crippen LogP contribution is 2.29. The predicted octanol–water partition coefficient (Wildman–Crippen LogP) is 2.46. The quantitative estimate of drug-likeness (QED) is 0.0389. The van der Waals surface area contributed by atoms with Crippen LogP contribution in [-0.2, 0) is 66.7 Å². The molecule has 17 atom stereocenters. The van der Waals surface area contributed by atoms with Crippen molar-refractivity contribution in [3.63, 3.8) is 0 Å². The van der Waals surface area contributed by atoms with Crippen molar-refractivity contribution >= 4 is 41.1 Å². The molecule has 0 saturated carbocycles. The Morgan fingerprint density at radius 2 is 0.825 bits per heavy atom. The Balaban J connectivity index is 1.57. The van der Waals surface area contributed by atoms with Crippen molar-refractivity contribution in [2.45, 2.75) is 313 Å². The third kappa shape index (κ3) is 35.5. The Morgan fingerprint density at radius 3 is 1.32 bits per heavy atom. The zero-order chi connectivity index (χ0) is 71.5. The van der Waals surface area contributed by atoms with Crippen molar-refractivity contribution in [3.05, 3.63) is 0 Å². The van der Waals surface area contributed by atoms with Crippen LogP contribution >= 0.6 is 0 Å².